The Morgan fingerprint density at radius 2 is 1.81 bits per heavy atom. The van der Waals surface area contributed by atoms with Gasteiger partial charge in [0.25, 0.3) is 0 Å². The van der Waals surface area contributed by atoms with Crippen LogP contribution < -0.4 is 56.5 Å². The van der Waals surface area contributed by atoms with E-state index < -0.39 is 11.9 Å². The van der Waals surface area contributed by atoms with E-state index >= 15 is 0 Å². The predicted molar refractivity (Wildman–Crippen MR) is 54.2 cm³/mol. The quantitative estimate of drug-likeness (QED) is 0.446. The van der Waals surface area contributed by atoms with Gasteiger partial charge in [0.1, 0.15) is 0 Å². The molecule has 0 saturated carbocycles. The Hall–Kier alpha value is -0.00364. The first-order valence-electron chi connectivity index (χ1n) is 4.94. The summed E-state index contributed by atoms with van der Waals surface area (Å²) in [7, 11) is 0. The maximum atomic E-state index is 11.6. The summed E-state index contributed by atoms with van der Waals surface area (Å²) in [5, 5.41) is 10.6. The minimum Gasteiger partial charge on any atom is -0.550 e. The third kappa shape index (κ3) is 4.89. The van der Waals surface area contributed by atoms with Crippen LogP contribution in [0.4, 0.5) is 0 Å². The van der Waals surface area contributed by atoms with E-state index in [1.807, 2.05) is 6.07 Å². The molecular weight excluding hydrogens is 231 g/mol. The van der Waals surface area contributed by atoms with E-state index in [-0.39, 0.29) is 63.6 Å². The molecule has 0 fully saturated rings. The van der Waals surface area contributed by atoms with E-state index in [9.17, 15) is 14.7 Å². The zero-order valence-corrected chi connectivity index (χ0v) is 12.7. The van der Waals surface area contributed by atoms with Crippen molar-refractivity contribution < 1.29 is 66.1 Å². The van der Waals surface area contributed by atoms with Crippen molar-refractivity contribution >= 4 is 11.8 Å². The minimum absolute atomic E-state index is 0. The number of ketones is 1. The molecular formula is C12H13KO3. The van der Waals surface area contributed by atoms with E-state index in [1.165, 1.54) is 0 Å². The summed E-state index contributed by atoms with van der Waals surface area (Å²) >= 11 is 0. The fraction of sp³-hybridized carbons (Fsp3) is 0.333. The van der Waals surface area contributed by atoms with Crippen molar-refractivity contribution in [2.75, 3.05) is 0 Å². The average molecular weight is 244 g/mol. The van der Waals surface area contributed by atoms with Gasteiger partial charge >= 0.3 is 51.4 Å². The summed E-state index contributed by atoms with van der Waals surface area (Å²) in [4.78, 5) is 22.3. The zero-order chi connectivity index (χ0) is 11.3. The van der Waals surface area contributed by atoms with Crippen molar-refractivity contribution in [3.63, 3.8) is 0 Å². The summed E-state index contributed by atoms with van der Waals surface area (Å²) in [5.41, 5.74) is 0.553. The first-order valence-corrected chi connectivity index (χ1v) is 4.94. The first-order chi connectivity index (χ1) is 7.15. The molecule has 0 radical (unpaired) electrons. The molecule has 0 heterocycles. The average Bonchev–Trinajstić information content (AvgIpc) is 2.26. The van der Waals surface area contributed by atoms with Gasteiger partial charge in [-0.3, -0.25) is 4.79 Å². The van der Waals surface area contributed by atoms with Crippen LogP contribution in [0, 0.1) is 5.92 Å². The van der Waals surface area contributed by atoms with Crippen LogP contribution in [0.15, 0.2) is 30.3 Å². The molecule has 80 valence electrons. The molecule has 0 aliphatic rings. The molecule has 0 bridgehead atoms. The molecule has 1 atom stereocenters. The number of hydrogen-bond donors (Lipinski definition) is 0. The first kappa shape index (κ1) is 16.0. The molecule has 0 aliphatic heterocycles. The van der Waals surface area contributed by atoms with Gasteiger partial charge in [-0.2, -0.15) is 0 Å². The van der Waals surface area contributed by atoms with Gasteiger partial charge in [0.2, 0.25) is 0 Å². The van der Waals surface area contributed by atoms with Crippen molar-refractivity contribution in [1.82, 2.24) is 0 Å². The maximum Gasteiger partial charge on any atom is 1.00 e. The number of benzene rings is 1. The second-order valence-electron chi connectivity index (χ2n) is 3.42. The molecule has 1 unspecified atom stereocenters. The SMILES string of the molecule is CCC(CC(=O)c1ccccc1)C(=O)[O-].[K+]. The van der Waals surface area contributed by atoms with E-state index in [4.69, 9.17) is 0 Å². The van der Waals surface area contributed by atoms with Crippen molar-refractivity contribution in [2.24, 2.45) is 5.92 Å². The van der Waals surface area contributed by atoms with Crippen molar-refractivity contribution in [3.05, 3.63) is 35.9 Å². The van der Waals surface area contributed by atoms with Gasteiger partial charge in [-0.1, -0.05) is 37.3 Å². The second-order valence-corrected chi connectivity index (χ2v) is 3.42. The Balaban J connectivity index is 0.00000225. The van der Waals surface area contributed by atoms with Gasteiger partial charge in [-0.15, -0.1) is 0 Å². The third-order valence-electron chi connectivity index (χ3n) is 2.35. The molecule has 1 rings (SSSR count). The van der Waals surface area contributed by atoms with Crippen LogP contribution in [0.5, 0.6) is 0 Å². The van der Waals surface area contributed by atoms with Crippen LogP contribution in [0.25, 0.3) is 0 Å². The van der Waals surface area contributed by atoms with E-state index in [0.717, 1.165) is 0 Å². The number of hydrogen-bond acceptors (Lipinski definition) is 3. The molecule has 4 heteroatoms. The Bertz CT molecular complexity index is 349. The maximum absolute atomic E-state index is 11.6. The van der Waals surface area contributed by atoms with Gasteiger partial charge in [0.15, 0.2) is 5.78 Å². The molecule has 3 nitrogen and oxygen atoms in total. The Kier molecular flexibility index (Phi) is 8.14. The van der Waals surface area contributed by atoms with Crippen LogP contribution >= 0.6 is 0 Å². The number of carboxylic acid groups (broad SMARTS) is 1. The Labute approximate surface area is 138 Å². The Morgan fingerprint density at radius 3 is 2.25 bits per heavy atom. The van der Waals surface area contributed by atoms with Crippen molar-refractivity contribution in [2.45, 2.75) is 19.8 Å². The number of carbonyl (C=O) groups excluding carboxylic acids is 2. The summed E-state index contributed by atoms with van der Waals surface area (Å²) in [6.45, 7) is 1.73. The molecule has 0 amide bonds. The molecule has 1 aromatic rings. The van der Waals surface area contributed by atoms with E-state index in [1.54, 1.807) is 31.2 Å². The number of rotatable bonds is 5. The van der Waals surface area contributed by atoms with Crippen LogP contribution in [0.3, 0.4) is 0 Å². The summed E-state index contributed by atoms with van der Waals surface area (Å²) in [6, 6.07) is 8.70. The summed E-state index contributed by atoms with van der Waals surface area (Å²) < 4.78 is 0. The van der Waals surface area contributed by atoms with E-state index in [0.29, 0.717) is 12.0 Å². The van der Waals surface area contributed by atoms with Crippen LogP contribution in [0.1, 0.15) is 30.1 Å². The number of Topliss-reactive ketones (excluding diaryl/α,β-unsaturated/α-hetero) is 1. The molecule has 0 N–H and O–H groups in total. The van der Waals surface area contributed by atoms with Crippen LogP contribution in [-0.2, 0) is 4.79 Å². The molecule has 16 heavy (non-hydrogen) atoms. The monoisotopic (exact) mass is 244 g/mol. The molecule has 1 aromatic carbocycles. The molecule has 0 aromatic heterocycles. The second kappa shape index (κ2) is 8.14. The van der Waals surface area contributed by atoms with Crippen LogP contribution in [0.2, 0.25) is 0 Å². The van der Waals surface area contributed by atoms with Crippen LogP contribution in [-0.4, -0.2) is 11.8 Å². The fourth-order valence-electron chi connectivity index (χ4n) is 1.36. The fourth-order valence-corrected chi connectivity index (χ4v) is 1.36. The topological polar surface area (TPSA) is 57.2 Å². The van der Waals surface area contributed by atoms with Gasteiger partial charge < -0.3 is 9.90 Å². The molecule has 0 aliphatic carbocycles. The van der Waals surface area contributed by atoms with Gasteiger partial charge in [-0.05, 0) is 6.42 Å². The van der Waals surface area contributed by atoms with E-state index in [2.05, 4.69) is 0 Å². The van der Waals surface area contributed by atoms with Gasteiger partial charge in [0, 0.05) is 23.9 Å². The van der Waals surface area contributed by atoms with Gasteiger partial charge in [-0.25, -0.2) is 0 Å². The summed E-state index contributed by atoms with van der Waals surface area (Å²) in [5.74, 6) is -1.98. The molecule has 0 saturated heterocycles. The number of aliphatic carboxylic acids is 1. The zero-order valence-electron chi connectivity index (χ0n) is 9.60. The number of carboxylic acids is 1. The van der Waals surface area contributed by atoms with Crippen molar-refractivity contribution in [3.8, 4) is 0 Å². The Morgan fingerprint density at radius 1 is 1.25 bits per heavy atom. The standard InChI is InChI=1S/C12H14O3.K/c1-2-9(12(14)15)8-11(13)10-6-4-3-5-7-10;/h3-7,9H,2,8H2,1H3,(H,14,15);/q;+1/p-1. The van der Waals surface area contributed by atoms with Gasteiger partial charge in [0.05, 0.1) is 0 Å². The summed E-state index contributed by atoms with van der Waals surface area (Å²) in [6.07, 6.45) is 0.434. The normalized spacial score (nSPS) is 11.3. The predicted octanol–water partition coefficient (Wildman–Crippen LogP) is -1.96. The largest absolute Gasteiger partial charge is 1.00 e. The molecule has 0 spiro atoms. The van der Waals surface area contributed by atoms with Crippen molar-refractivity contribution in [1.29, 1.82) is 0 Å². The smallest absolute Gasteiger partial charge is 0.550 e. The third-order valence-corrected chi connectivity index (χ3v) is 2.35. The minimum atomic E-state index is -1.15. The number of carbonyl (C=O) groups is 2.